The number of hydrogen-bond donors (Lipinski definition) is 4. The van der Waals surface area contributed by atoms with Crippen LogP contribution in [-0.4, -0.2) is 112 Å². The van der Waals surface area contributed by atoms with Gasteiger partial charge in [0.15, 0.2) is 28.9 Å². The molecule has 0 spiro atoms. The van der Waals surface area contributed by atoms with Crippen molar-refractivity contribution in [3.05, 3.63) is 185 Å². The number of aromatic amines is 4. The van der Waals surface area contributed by atoms with Crippen molar-refractivity contribution in [2.45, 2.75) is 140 Å². The van der Waals surface area contributed by atoms with Crippen molar-refractivity contribution in [1.82, 2.24) is 40.8 Å². The fourth-order valence-corrected chi connectivity index (χ4v) is 9.94. The van der Waals surface area contributed by atoms with E-state index in [1.54, 1.807) is 43.3 Å². The molecule has 0 fully saturated rings. The normalized spacial score (nSPS) is 10.6. The average molecular weight is 1260 g/mol. The van der Waals surface area contributed by atoms with Crippen molar-refractivity contribution in [2.24, 2.45) is 0 Å². The fourth-order valence-electron chi connectivity index (χ4n) is 9.77. The SMILES string of the molecule is CCC(=O)c1ccc(OCCCc2c(C)n[nH]c2C)c(F)c1.COC(=O)c1cc(C)c(OCCCc2c(C)n[nH]c2C)c(C)c1.COC(=O)c1ccc(Cl)c(OCCCc2c(C)n[nH]c2C)c1.COC(=O)c1ccc(F)c(OCCCCc2c(C)n[nH]c2C)c1. The standard InChI is InChI=1S/C18H24N2O3.C17H21FN2O3.C17H21FN2O2.C16H19ClN2O3/c1-11-9-15(18(21)22-5)10-12(2)17(11)23-8-6-7-16-13(3)19-20-14(16)4;1-11-14(12(2)20-19-11)6-4-5-9-23-16-10-13(17(21)22-3)7-8-15(16)18;1-4-16(21)13-7-8-17(15(18)10-13)22-9-5-6-14-11(2)19-20-12(14)3;1-10-13(11(2)19-18-10)5-4-8-22-15-9-12(16(20)21-3)6-7-14(15)17/h9-10H,6-8H2,1-5H3,(H,19,20);7-8,10H,4-6,9H2,1-3H3,(H,19,20);7-8,10H,4-6,9H2,1-3H3,(H,19,20);6-7,9H,4-5,8H2,1-3H3,(H,18,19). The number of benzene rings is 4. The van der Waals surface area contributed by atoms with Crippen LogP contribution in [0.15, 0.2) is 66.7 Å². The third kappa shape index (κ3) is 21.2. The predicted molar refractivity (Wildman–Crippen MR) is 341 cm³/mol. The number of carbonyl (C=O) groups excluding carboxylic acids is 4. The number of ether oxygens (including phenoxy) is 7. The minimum Gasteiger partial charge on any atom is -0.493 e. The lowest BCUT2D eigenvalue weighted by atomic mass is 10.1. The van der Waals surface area contributed by atoms with Crippen molar-refractivity contribution < 1.29 is 61.1 Å². The Labute approximate surface area is 530 Å². The summed E-state index contributed by atoms with van der Waals surface area (Å²) in [4.78, 5) is 46.1. The molecule has 4 aromatic heterocycles. The van der Waals surface area contributed by atoms with Crippen LogP contribution in [0.2, 0.25) is 5.02 Å². The topological polar surface area (TPSA) is 248 Å². The molecule has 90 heavy (non-hydrogen) atoms. The highest BCUT2D eigenvalue weighted by Crippen LogP contribution is 2.29. The minimum absolute atomic E-state index is 0.0728. The molecule has 0 bridgehead atoms. The molecular formula is C68H85ClF2N8O11. The highest BCUT2D eigenvalue weighted by molar-refractivity contribution is 6.32. The van der Waals surface area contributed by atoms with E-state index in [2.05, 4.69) is 50.3 Å². The fraction of sp³-hybridized carbons (Fsp3) is 0.412. The van der Waals surface area contributed by atoms with Gasteiger partial charge in [0.25, 0.3) is 0 Å². The first-order valence-electron chi connectivity index (χ1n) is 29.8. The van der Waals surface area contributed by atoms with Crippen LogP contribution in [0.3, 0.4) is 0 Å². The van der Waals surface area contributed by atoms with Crippen LogP contribution < -0.4 is 18.9 Å². The van der Waals surface area contributed by atoms with Gasteiger partial charge >= 0.3 is 17.9 Å². The molecule has 4 aromatic carbocycles. The first-order valence-corrected chi connectivity index (χ1v) is 30.2. The Balaban J connectivity index is 0.000000218. The summed E-state index contributed by atoms with van der Waals surface area (Å²) < 4.78 is 64.1. The molecule has 0 amide bonds. The molecule has 0 radical (unpaired) electrons. The molecule has 8 rings (SSSR count). The van der Waals surface area contributed by atoms with Gasteiger partial charge in [0.05, 0.1) is 92.2 Å². The second-order valence-electron chi connectivity index (χ2n) is 21.4. The number of nitrogens with one attached hydrogen (secondary N) is 4. The van der Waals surface area contributed by atoms with Crippen LogP contribution in [0.5, 0.6) is 23.0 Å². The van der Waals surface area contributed by atoms with Gasteiger partial charge in [0.2, 0.25) is 0 Å². The molecule has 0 unspecified atom stereocenters. The summed E-state index contributed by atoms with van der Waals surface area (Å²) in [6.07, 6.45) is 8.14. The molecule has 4 N–H and O–H groups in total. The lowest BCUT2D eigenvalue weighted by Crippen LogP contribution is -2.06. The minimum atomic E-state index is -0.513. The third-order valence-electron chi connectivity index (χ3n) is 14.8. The quantitative estimate of drug-likeness (QED) is 0.0170. The second-order valence-corrected chi connectivity index (χ2v) is 21.8. The van der Waals surface area contributed by atoms with Gasteiger partial charge in [-0.25, -0.2) is 23.2 Å². The summed E-state index contributed by atoms with van der Waals surface area (Å²) in [7, 11) is 4.01. The van der Waals surface area contributed by atoms with E-state index >= 15 is 0 Å². The lowest BCUT2D eigenvalue weighted by molar-refractivity contribution is 0.0591. The maximum Gasteiger partial charge on any atom is 0.337 e. The van der Waals surface area contributed by atoms with Crippen LogP contribution >= 0.6 is 11.6 Å². The monoisotopic (exact) mass is 1260 g/mol. The van der Waals surface area contributed by atoms with Gasteiger partial charge in [-0.05, 0) is 227 Å². The van der Waals surface area contributed by atoms with Gasteiger partial charge in [-0.15, -0.1) is 0 Å². The van der Waals surface area contributed by atoms with E-state index in [0.29, 0.717) is 60.3 Å². The van der Waals surface area contributed by atoms with Crippen molar-refractivity contribution in [3.63, 3.8) is 0 Å². The molecular weight excluding hydrogens is 1180 g/mol. The van der Waals surface area contributed by atoms with E-state index in [-0.39, 0.29) is 28.8 Å². The van der Waals surface area contributed by atoms with Gasteiger partial charge < -0.3 is 33.2 Å². The highest BCUT2D eigenvalue weighted by Gasteiger charge is 2.17. The van der Waals surface area contributed by atoms with Gasteiger partial charge in [0, 0.05) is 34.8 Å². The number of aromatic nitrogens is 8. The van der Waals surface area contributed by atoms with Crippen molar-refractivity contribution in [3.8, 4) is 23.0 Å². The van der Waals surface area contributed by atoms with Gasteiger partial charge in [-0.3, -0.25) is 25.2 Å². The number of H-pyrrole nitrogens is 4. The lowest BCUT2D eigenvalue weighted by Gasteiger charge is -2.13. The summed E-state index contributed by atoms with van der Waals surface area (Å²) in [5.74, 6) is -0.702. The van der Waals surface area contributed by atoms with E-state index in [9.17, 15) is 28.0 Å². The van der Waals surface area contributed by atoms with Crippen LogP contribution in [0.25, 0.3) is 0 Å². The first kappa shape index (κ1) is 71.9. The van der Waals surface area contributed by atoms with Crippen molar-refractivity contribution in [2.75, 3.05) is 47.8 Å². The zero-order valence-electron chi connectivity index (χ0n) is 54.2. The largest absolute Gasteiger partial charge is 0.493 e. The number of ketones is 1. The van der Waals surface area contributed by atoms with E-state index in [4.69, 9.17) is 35.3 Å². The molecule has 8 aromatic rings. The number of rotatable bonds is 26. The number of halogens is 3. The van der Waals surface area contributed by atoms with Gasteiger partial charge in [-0.1, -0.05) is 18.5 Å². The maximum atomic E-state index is 13.9. The molecule has 0 saturated heterocycles. The van der Waals surface area contributed by atoms with E-state index in [1.165, 1.54) is 73.9 Å². The van der Waals surface area contributed by atoms with Crippen molar-refractivity contribution >= 4 is 35.3 Å². The molecule has 0 aliphatic carbocycles. The van der Waals surface area contributed by atoms with Crippen LogP contribution in [0.4, 0.5) is 8.78 Å². The van der Waals surface area contributed by atoms with Crippen molar-refractivity contribution in [1.29, 1.82) is 0 Å². The Morgan fingerprint density at radius 3 is 1.22 bits per heavy atom. The van der Waals surface area contributed by atoms with Crippen LogP contribution in [0, 0.1) is 80.9 Å². The molecule has 19 nitrogen and oxygen atoms in total. The molecule has 0 atom stereocenters. The maximum absolute atomic E-state index is 13.9. The van der Waals surface area contributed by atoms with Crippen LogP contribution in [0.1, 0.15) is 166 Å². The van der Waals surface area contributed by atoms with E-state index in [1.807, 2.05) is 69.2 Å². The number of carbonyl (C=O) groups is 4. The number of esters is 3. The Morgan fingerprint density at radius 2 is 0.800 bits per heavy atom. The summed E-state index contributed by atoms with van der Waals surface area (Å²) in [6.45, 7) is 23.5. The van der Waals surface area contributed by atoms with Crippen LogP contribution in [-0.2, 0) is 39.9 Å². The Bertz CT molecular complexity index is 3560. The Hall–Kier alpha value is -8.85. The highest BCUT2D eigenvalue weighted by atomic mass is 35.5. The van der Waals surface area contributed by atoms with Gasteiger partial charge in [0.1, 0.15) is 11.5 Å². The third-order valence-corrected chi connectivity index (χ3v) is 15.1. The number of aryl methyl sites for hydroxylation is 10. The molecule has 0 saturated carbocycles. The second kappa shape index (κ2) is 36.0. The van der Waals surface area contributed by atoms with E-state index in [0.717, 1.165) is 120 Å². The number of hydrogen-bond acceptors (Lipinski definition) is 15. The molecule has 484 valence electrons. The predicted octanol–water partition coefficient (Wildman–Crippen LogP) is 14.0. The number of nitrogens with zero attached hydrogens (tertiary/aromatic N) is 4. The average Bonchev–Trinajstić information content (AvgIpc) is 2.71. The smallest absolute Gasteiger partial charge is 0.337 e. The first-order chi connectivity index (χ1) is 43.0. The number of Topliss-reactive ketones (excluding diaryl/α,β-unsaturated/α-hetero) is 1. The zero-order chi connectivity index (χ0) is 66.0. The number of methoxy groups -OCH3 is 3. The summed E-state index contributed by atoms with van der Waals surface area (Å²) >= 11 is 6.08. The number of unbranched alkanes of at least 4 members (excludes halogenated alkanes) is 1. The Kier molecular flexibility index (Phi) is 28.7. The van der Waals surface area contributed by atoms with E-state index < -0.39 is 23.6 Å². The molecule has 0 aliphatic heterocycles. The molecule has 22 heteroatoms. The summed E-state index contributed by atoms with van der Waals surface area (Å²) in [5.41, 5.74) is 16.9. The molecule has 4 heterocycles. The summed E-state index contributed by atoms with van der Waals surface area (Å²) in [5, 5.41) is 29.0. The zero-order valence-corrected chi connectivity index (χ0v) is 54.9. The molecule has 0 aliphatic rings. The van der Waals surface area contributed by atoms with Gasteiger partial charge in [-0.2, -0.15) is 20.4 Å². The summed E-state index contributed by atoms with van der Waals surface area (Å²) in [6, 6.07) is 16.8. The Morgan fingerprint density at radius 1 is 0.422 bits per heavy atom.